The molecular formula is C22H30O5Si. The first kappa shape index (κ1) is 22.0. The van der Waals surface area contributed by atoms with Crippen molar-refractivity contribution in [2.24, 2.45) is 0 Å². The van der Waals surface area contributed by atoms with Crippen LogP contribution in [0.1, 0.15) is 36.5 Å². The van der Waals surface area contributed by atoms with Gasteiger partial charge in [-0.3, -0.25) is 0 Å². The van der Waals surface area contributed by atoms with Gasteiger partial charge in [0.15, 0.2) is 8.32 Å². The molecule has 2 aromatic rings. The van der Waals surface area contributed by atoms with E-state index < -0.39 is 14.3 Å². The third kappa shape index (κ3) is 8.15. The summed E-state index contributed by atoms with van der Waals surface area (Å²) in [4.78, 5) is 22.1. The van der Waals surface area contributed by atoms with E-state index in [1.54, 1.807) is 48.5 Å². The smallest absolute Gasteiger partial charge is 0.343 e. The molecule has 0 radical (unpaired) electrons. The zero-order valence-corrected chi connectivity index (χ0v) is 17.9. The standard InChI is InChI=1S/C22H30O5Si/c1-4-5-15-25-20-11-13-21(14-12-20)27-22(23)18-7-9-19(10-8-18)26-16-6-17-28(2,3)24/h7-14,24H,4-6,15-17H2,1-3H3. The van der Waals surface area contributed by atoms with E-state index >= 15 is 0 Å². The van der Waals surface area contributed by atoms with Gasteiger partial charge in [-0.25, -0.2) is 4.79 Å². The van der Waals surface area contributed by atoms with Gasteiger partial charge in [-0.15, -0.1) is 0 Å². The molecule has 0 heterocycles. The highest BCUT2D eigenvalue weighted by atomic mass is 28.4. The molecule has 0 fully saturated rings. The van der Waals surface area contributed by atoms with Crippen molar-refractivity contribution in [3.05, 3.63) is 54.1 Å². The largest absolute Gasteiger partial charge is 0.494 e. The third-order valence-electron chi connectivity index (χ3n) is 4.09. The van der Waals surface area contributed by atoms with Crippen molar-refractivity contribution in [2.45, 2.75) is 45.3 Å². The van der Waals surface area contributed by atoms with Crippen LogP contribution < -0.4 is 14.2 Å². The lowest BCUT2D eigenvalue weighted by Gasteiger charge is -2.13. The predicted octanol–water partition coefficient (Wildman–Crippen LogP) is 5.05. The zero-order chi connectivity index (χ0) is 20.4. The Labute approximate surface area is 168 Å². The fraction of sp³-hybridized carbons (Fsp3) is 0.409. The molecule has 0 aliphatic carbocycles. The normalized spacial score (nSPS) is 11.1. The van der Waals surface area contributed by atoms with E-state index in [1.165, 1.54) is 0 Å². The Morgan fingerprint density at radius 3 is 1.89 bits per heavy atom. The van der Waals surface area contributed by atoms with Crippen LogP contribution in [-0.4, -0.2) is 32.3 Å². The molecule has 0 spiro atoms. The maximum atomic E-state index is 12.3. The van der Waals surface area contributed by atoms with E-state index in [0.717, 1.165) is 31.1 Å². The van der Waals surface area contributed by atoms with Gasteiger partial charge in [0.2, 0.25) is 0 Å². The van der Waals surface area contributed by atoms with E-state index in [2.05, 4.69) is 6.92 Å². The molecule has 152 valence electrons. The van der Waals surface area contributed by atoms with Gasteiger partial charge >= 0.3 is 5.97 Å². The molecule has 0 aliphatic heterocycles. The van der Waals surface area contributed by atoms with Gasteiger partial charge in [-0.2, -0.15) is 0 Å². The number of carbonyl (C=O) groups excluding carboxylic acids is 1. The Morgan fingerprint density at radius 1 is 0.857 bits per heavy atom. The van der Waals surface area contributed by atoms with Gasteiger partial charge < -0.3 is 19.0 Å². The number of carbonyl (C=O) groups is 1. The molecule has 2 rings (SSSR count). The summed E-state index contributed by atoms with van der Waals surface area (Å²) in [6.45, 7) is 7.18. The van der Waals surface area contributed by atoms with E-state index in [4.69, 9.17) is 14.2 Å². The molecule has 1 N–H and O–H groups in total. The first-order valence-corrected chi connectivity index (χ1v) is 12.9. The van der Waals surface area contributed by atoms with Gasteiger partial charge in [0.25, 0.3) is 0 Å². The minimum Gasteiger partial charge on any atom is -0.494 e. The van der Waals surface area contributed by atoms with E-state index in [0.29, 0.717) is 30.3 Å². The minimum absolute atomic E-state index is 0.417. The van der Waals surface area contributed by atoms with Crippen molar-refractivity contribution in [1.29, 1.82) is 0 Å². The van der Waals surface area contributed by atoms with Gasteiger partial charge in [-0.1, -0.05) is 13.3 Å². The van der Waals surface area contributed by atoms with Crippen molar-refractivity contribution in [3.8, 4) is 17.2 Å². The average Bonchev–Trinajstić information content (AvgIpc) is 2.66. The fourth-order valence-corrected chi connectivity index (χ4v) is 3.50. The van der Waals surface area contributed by atoms with E-state index in [9.17, 15) is 9.59 Å². The van der Waals surface area contributed by atoms with Crippen molar-refractivity contribution in [1.82, 2.24) is 0 Å². The summed E-state index contributed by atoms with van der Waals surface area (Å²) in [6.07, 6.45) is 2.91. The summed E-state index contributed by atoms with van der Waals surface area (Å²) < 4.78 is 16.6. The van der Waals surface area contributed by atoms with Gasteiger partial charge in [-0.05, 0) is 80.5 Å². The molecule has 0 saturated carbocycles. The highest BCUT2D eigenvalue weighted by Crippen LogP contribution is 2.20. The number of rotatable bonds is 11. The summed E-state index contributed by atoms with van der Waals surface area (Å²) in [5, 5.41) is 0. The molecule has 2 aromatic carbocycles. The third-order valence-corrected chi connectivity index (χ3v) is 5.67. The lowest BCUT2D eigenvalue weighted by Crippen LogP contribution is -2.25. The monoisotopic (exact) mass is 402 g/mol. The summed E-state index contributed by atoms with van der Waals surface area (Å²) >= 11 is 0. The Bertz CT molecular complexity index is 720. The molecule has 0 unspecified atom stereocenters. The minimum atomic E-state index is -2.02. The molecule has 28 heavy (non-hydrogen) atoms. The van der Waals surface area contributed by atoms with E-state index in [-0.39, 0.29) is 0 Å². The van der Waals surface area contributed by atoms with Crippen LogP contribution in [-0.2, 0) is 0 Å². The van der Waals surface area contributed by atoms with Crippen LogP contribution in [0.2, 0.25) is 19.1 Å². The van der Waals surface area contributed by atoms with Crippen LogP contribution in [0.25, 0.3) is 0 Å². The van der Waals surface area contributed by atoms with Crippen LogP contribution in [0.15, 0.2) is 48.5 Å². The Hall–Kier alpha value is -2.31. The second-order valence-electron chi connectivity index (χ2n) is 7.35. The van der Waals surface area contributed by atoms with Crippen molar-refractivity contribution >= 4 is 14.3 Å². The lowest BCUT2D eigenvalue weighted by molar-refractivity contribution is 0.0734. The molecule has 0 saturated heterocycles. The molecule has 0 aliphatic rings. The summed E-state index contributed by atoms with van der Waals surface area (Å²) in [6, 6.07) is 14.7. The van der Waals surface area contributed by atoms with Crippen molar-refractivity contribution < 1.29 is 23.8 Å². The first-order valence-electron chi connectivity index (χ1n) is 9.77. The van der Waals surface area contributed by atoms with Gasteiger partial charge in [0, 0.05) is 0 Å². The first-order chi connectivity index (χ1) is 13.4. The average molecular weight is 403 g/mol. The summed E-state index contributed by atoms with van der Waals surface area (Å²) in [5.41, 5.74) is 0.458. The molecule has 0 aromatic heterocycles. The maximum absolute atomic E-state index is 12.3. The van der Waals surface area contributed by atoms with Crippen molar-refractivity contribution in [3.63, 3.8) is 0 Å². The maximum Gasteiger partial charge on any atom is 0.343 e. The summed E-state index contributed by atoms with van der Waals surface area (Å²) in [7, 11) is -2.02. The quantitative estimate of drug-likeness (QED) is 0.247. The SMILES string of the molecule is CCCCOc1ccc(OC(=O)c2ccc(OCCC[Si](C)(C)O)cc2)cc1. The highest BCUT2D eigenvalue weighted by Gasteiger charge is 2.15. The lowest BCUT2D eigenvalue weighted by atomic mass is 10.2. The number of ether oxygens (including phenoxy) is 3. The van der Waals surface area contributed by atoms with Crippen LogP contribution in [0.4, 0.5) is 0 Å². The molecule has 5 nitrogen and oxygen atoms in total. The number of unbranched alkanes of at least 4 members (excludes halogenated alkanes) is 1. The highest BCUT2D eigenvalue weighted by molar-refractivity contribution is 6.69. The number of hydrogen-bond donors (Lipinski definition) is 1. The zero-order valence-electron chi connectivity index (χ0n) is 16.9. The predicted molar refractivity (Wildman–Crippen MR) is 113 cm³/mol. The molecule has 0 bridgehead atoms. The molecule has 0 atom stereocenters. The van der Waals surface area contributed by atoms with Crippen LogP contribution >= 0.6 is 0 Å². The summed E-state index contributed by atoms with van der Waals surface area (Å²) in [5.74, 6) is 1.52. The van der Waals surface area contributed by atoms with Gasteiger partial charge in [0.05, 0.1) is 18.8 Å². The molecule has 6 heteroatoms. The Balaban J connectivity index is 1.80. The number of benzene rings is 2. The van der Waals surface area contributed by atoms with Crippen LogP contribution in [0.5, 0.6) is 17.2 Å². The van der Waals surface area contributed by atoms with E-state index in [1.807, 2.05) is 13.1 Å². The fourth-order valence-electron chi connectivity index (χ4n) is 2.49. The second kappa shape index (κ2) is 10.9. The Kier molecular flexibility index (Phi) is 8.54. The Morgan fingerprint density at radius 2 is 1.36 bits per heavy atom. The molecular weight excluding hydrogens is 372 g/mol. The molecule has 0 amide bonds. The van der Waals surface area contributed by atoms with Crippen LogP contribution in [0.3, 0.4) is 0 Å². The van der Waals surface area contributed by atoms with Gasteiger partial charge in [0.1, 0.15) is 17.2 Å². The topological polar surface area (TPSA) is 65.0 Å². The van der Waals surface area contributed by atoms with Crippen molar-refractivity contribution in [2.75, 3.05) is 13.2 Å². The van der Waals surface area contributed by atoms with Crippen LogP contribution in [0, 0.1) is 0 Å². The second-order valence-corrected chi connectivity index (χ2v) is 11.5. The number of esters is 1. The number of hydrogen-bond acceptors (Lipinski definition) is 5.